The van der Waals surface area contributed by atoms with Gasteiger partial charge in [-0.25, -0.2) is 0 Å². The quantitative estimate of drug-likeness (QED) is 0.852. The van der Waals surface area contributed by atoms with Gasteiger partial charge in [0.25, 0.3) is 0 Å². The van der Waals surface area contributed by atoms with Gasteiger partial charge in [-0.05, 0) is 42.4 Å². The first kappa shape index (κ1) is 14.1. The molecular formula is C16H20N4S. The molecule has 110 valence electrons. The monoisotopic (exact) mass is 300 g/mol. The van der Waals surface area contributed by atoms with Gasteiger partial charge >= 0.3 is 0 Å². The molecule has 2 aromatic rings. The highest BCUT2D eigenvalue weighted by Crippen LogP contribution is 2.37. The fraction of sp³-hybridized carbons (Fsp3) is 0.375. The van der Waals surface area contributed by atoms with E-state index in [4.69, 9.17) is 12.2 Å². The van der Waals surface area contributed by atoms with Crippen LogP contribution in [0, 0.1) is 5.92 Å². The molecule has 4 nitrogen and oxygen atoms in total. The maximum absolute atomic E-state index is 5.56. The molecule has 0 bridgehead atoms. The molecule has 0 amide bonds. The van der Waals surface area contributed by atoms with Gasteiger partial charge in [-0.3, -0.25) is 4.98 Å². The summed E-state index contributed by atoms with van der Waals surface area (Å²) >= 11 is 5.56. The number of hydrogen-bond donors (Lipinski definition) is 2. The van der Waals surface area contributed by atoms with E-state index in [0.717, 1.165) is 17.4 Å². The largest absolute Gasteiger partial charge is 0.363 e. The summed E-state index contributed by atoms with van der Waals surface area (Å²) in [6.07, 6.45) is 3.79. The Morgan fingerprint density at radius 1 is 1.29 bits per heavy atom. The summed E-state index contributed by atoms with van der Waals surface area (Å²) in [6.45, 7) is 5.35. The van der Waals surface area contributed by atoms with Crippen LogP contribution < -0.4 is 5.32 Å². The highest BCUT2D eigenvalue weighted by molar-refractivity contribution is 7.80. The highest BCUT2D eigenvalue weighted by Gasteiger charge is 2.40. The van der Waals surface area contributed by atoms with E-state index < -0.39 is 0 Å². The Kier molecular flexibility index (Phi) is 3.92. The van der Waals surface area contributed by atoms with Crippen LogP contribution in [0.4, 0.5) is 0 Å². The molecule has 1 aliphatic rings. The number of H-pyrrole nitrogens is 1. The maximum Gasteiger partial charge on any atom is 0.170 e. The Morgan fingerprint density at radius 2 is 2.14 bits per heavy atom. The SMILES string of the molecule is CC(C)CN1C(=S)N[C@@H](c2ccccn2)[C@@H]1c1ccc[nH]1. The van der Waals surface area contributed by atoms with Crippen LogP contribution >= 0.6 is 12.2 Å². The average molecular weight is 300 g/mol. The number of pyridine rings is 1. The Morgan fingerprint density at radius 3 is 2.76 bits per heavy atom. The lowest BCUT2D eigenvalue weighted by atomic mass is 10.0. The van der Waals surface area contributed by atoms with Crippen molar-refractivity contribution in [1.82, 2.24) is 20.2 Å². The fourth-order valence-electron chi connectivity index (χ4n) is 2.86. The van der Waals surface area contributed by atoms with Crippen molar-refractivity contribution in [2.24, 2.45) is 5.92 Å². The van der Waals surface area contributed by atoms with E-state index in [1.165, 1.54) is 5.69 Å². The number of thiocarbonyl (C=S) groups is 1. The molecule has 0 aliphatic carbocycles. The molecule has 0 aromatic carbocycles. The Hall–Kier alpha value is -1.88. The standard InChI is InChI=1S/C16H20N4S/c1-11(2)10-20-15(13-7-5-9-18-13)14(19-16(20)21)12-6-3-4-8-17-12/h3-9,11,14-15,18H,10H2,1-2H3,(H,19,21)/t14-,15-/m0/s1. The van der Waals surface area contributed by atoms with E-state index >= 15 is 0 Å². The third-order valence-electron chi connectivity index (χ3n) is 3.70. The van der Waals surface area contributed by atoms with Crippen LogP contribution in [0.2, 0.25) is 0 Å². The van der Waals surface area contributed by atoms with E-state index in [0.29, 0.717) is 5.92 Å². The predicted molar refractivity (Wildman–Crippen MR) is 87.8 cm³/mol. The van der Waals surface area contributed by atoms with Gasteiger partial charge in [-0.2, -0.15) is 0 Å². The topological polar surface area (TPSA) is 44.0 Å². The summed E-state index contributed by atoms with van der Waals surface area (Å²) < 4.78 is 0. The second kappa shape index (κ2) is 5.85. The molecule has 0 radical (unpaired) electrons. The summed E-state index contributed by atoms with van der Waals surface area (Å²) in [5, 5.41) is 4.24. The first-order valence-corrected chi connectivity index (χ1v) is 7.69. The number of nitrogens with zero attached hydrogens (tertiary/aromatic N) is 2. The Labute approximate surface area is 130 Å². The molecule has 2 aromatic heterocycles. The number of nitrogens with one attached hydrogen (secondary N) is 2. The Bertz CT molecular complexity index is 594. The molecular weight excluding hydrogens is 280 g/mol. The van der Waals surface area contributed by atoms with E-state index in [1.807, 2.05) is 30.6 Å². The lowest BCUT2D eigenvalue weighted by Crippen LogP contribution is -2.33. The van der Waals surface area contributed by atoms with Crippen LogP contribution in [0.25, 0.3) is 0 Å². The van der Waals surface area contributed by atoms with Gasteiger partial charge < -0.3 is 15.2 Å². The summed E-state index contributed by atoms with van der Waals surface area (Å²) in [6, 6.07) is 10.4. The molecule has 5 heteroatoms. The zero-order valence-electron chi connectivity index (χ0n) is 12.3. The minimum absolute atomic E-state index is 0.0797. The summed E-state index contributed by atoms with van der Waals surface area (Å²) in [5.41, 5.74) is 2.18. The molecule has 3 heterocycles. The summed E-state index contributed by atoms with van der Waals surface area (Å²) in [5.74, 6) is 0.546. The third-order valence-corrected chi connectivity index (χ3v) is 4.05. The lowest BCUT2D eigenvalue weighted by molar-refractivity contribution is 0.283. The Balaban J connectivity index is 1.98. The zero-order chi connectivity index (χ0) is 14.8. The predicted octanol–water partition coefficient (Wildman–Crippen LogP) is 3.04. The number of aromatic nitrogens is 2. The molecule has 1 aliphatic heterocycles. The van der Waals surface area contributed by atoms with E-state index in [9.17, 15) is 0 Å². The lowest BCUT2D eigenvalue weighted by Gasteiger charge is -2.28. The van der Waals surface area contributed by atoms with Crippen molar-refractivity contribution in [3.63, 3.8) is 0 Å². The third kappa shape index (κ3) is 2.78. The minimum Gasteiger partial charge on any atom is -0.363 e. The number of rotatable bonds is 4. The van der Waals surface area contributed by atoms with Crippen LogP contribution in [0.5, 0.6) is 0 Å². The summed E-state index contributed by atoms with van der Waals surface area (Å²) in [7, 11) is 0. The molecule has 0 spiro atoms. The van der Waals surface area contributed by atoms with Crippen molar-refractivity contribution in [2.45, 2.75) is 25.9 Å². The second-order valence-corrected chi connectivity index (χ2v) is 6.18. The van der Waals surface area contributed by atoms with E-state index in [1.54, 1.807) is 0 Å². The molecule has 1 saturated heterocycles. The first-order valence-electron chi connectivity index (χ1n) is 7.28. The first-order chi connectivity index (χ1) is 10.2. The molecule has 1 fully saturated rings. The van der Waals surface area contributed by atoms with E-state index in [-0.39, 0.29) is 12.1 Å². The number of aromatic amines is 1. The van der Waals surface area contributed by atoms with Crippen LogP contribution in [0.15, 0.2) is 42.7 Å². The zero-order valence-corrected chi connectivity index (χ0v) is 13.1. The van der Waals surface area contributed by atoms with Gasteiger partial charge in [0.15, 0.2) is 5.11 Å². The molecule has 2 N–H and O–H groups in total. The van der Waals surface area contributed by atoms with Crippen LogP contribution in [-0.4, -0.2) is 26.5 Å². The van der Waals surface area contributed by atoms with Gasteiger partial charge in [-0.1, -0.05) is 19.9 Å². The average Bonchev–Trinajstić information content (AvgIpc) is 3.08. The van der Waals surface area contributed by atoms with Gasteiger partial charge in [-0.15, -0.1) is 0 Å². The molecule has 0 saturated carbocycles. The van der Waals surface area contributed by atoms with Crippen molar-refractivity contribution in [1.29, 1.82) is 0 Å². The normalized spacial score (nSPS) is 21.9. The van der Waals surface area contributed by atoms with Crippen LogP contribution in [-0.2, 0) is 0 Å². The van der Waals surface area contributed by atoms with Gasteiger partial charge in [0.2, 0.25) is 0 Å². The summed E-state index contributed by atoms with van der Waals surface area (Å²) in [4.78, 5) is 10.1. The second-order valence-electron chi connectivity index (χ2n) is 5.80. The molecule has 21 heavy (non-hydrogen) atoms. The van der Waals surface area contributed by atoms with Crippen molar-refractivity contribution < 1.29 is 0 Å². The van der Waals surface area contributed by atoms with E-state index in [2.05, 4.69) is 46.2 Å². The molecule has 2 atom stereocenters. The van der Waals surface area contributed by atoms with Gasteiger partial charge in [0.1, 0.15) is 0 Å². The highest BCUT2D eigenvalue weighted by atomic mass is 32.1. The van der Waals surface area contributed by atoms with Crippen molar-refractivity contribution in [3.8, 4) is 0 Å². The van der Waals surface area contributed by atoms with Crippen molar-refractivity contribution in [3.05, 3.63) is 54.1 Å². The fourth-order valence-corrected chi connectivity index (χ4v) is 3.18. The van der Waals surface area contributed by atoms with Crippen LogP contribution in [0.1, 0.15) is 37.3 Å². The van der Waals surface area contributed by atoms with Crippen molar-refractivity contribution >= 4 is 17.3 Å². The van der Waals surface area contributed by atoms with Gasteiger partial charge in [0, 0.05) is 24.6 Å². The smallest absolute Gasteiger partial charge is 0.170 e. The van der Waals surface area contributed by atoms with Crippen LogP contribution in [0.3, 0.4) is 0 Å². The van der Waals surface area contributed by atoms with Gasteiger partial charge in [0.05, 0.1) is 17.8 Å². The van der Waals surface area contributed by atoms with Crippen molar-refractivity contribution in [2.75, 3.05) is 6.54 Å². The molecule has 0 unspecified atom stereocenters. The minimum atomic E-state index is 0.0797. The number of hydrogen-bond acceptors (Lipinski definition) is 2. The molecule has 3 rings (SSSR count). The maximum atomic E-state index is 5.56.